The number of fused-ring (bicyclic) bond motifs is 5. The summed E-state index contributed by atoms with van der Waals surface area (Å²) in [5.74, 6) is 3.81. The van der Waals surface area contributed by atoms with E-state index in [9.17, 15) is 0 Å². The molecule has 0 aliphatic carbocycles. The number of anilines is 3. The molecule has 0 N–H and O–H groups in total. The summed E-state index contributed by atoms with van der Waals surface area (Å²) < 4.78 is 11.4. The summed E-state index contributed by atoms with van der Waals surface area (Å²) in [6.45, 7) is 12.8. The van der Waals surface area contributed by atoms with E-state index in [-0.39, 0.29) is 10.8 Å². The number of rotatable bonds is 9. The molecule has 0 spiro atoms. The molecule has 10 nitrogen and oxygen atoms in total. The third kappa shape index (κ3) is 8.06. The molecule has 5 heterocycles. The van der Waals surface area contributed by atoms with E-state index in [0.29, 0.717) is 17.1 Å². The van der Waals surface area contributed by atoms with Crippen molar-refractivity contribution < 1.29 is 4.42 Å². The maximum Gasteiger partial charge on any atom is 0.227 e. The van der Waals surface area contributed by atoms with Crippen molar-refractivity contribution in [3.63, 3.8) is 0 Å². The highest BCUT2D eigenvalue weighted by molar-refractivity contribution is 6.10. The molecule has 76 heavy (non-hydrogen) atoms. The number of para-hydroxylation sites is 6. The molecule has 0 saturated heterocycles. The van der Waals surface area contributed by atoms with Gasteiger partial charge in [-0.25, -0.2) is 29.9 Å². The van der Waals surface area contributed by atoms with Gasteiger partial charge < -0.3 is 9.32 Å². The summed E-state index contributed by atoms with van der Waals surface area (Å²) in [6.07, 6.45) is 0. The fraction of sp³-hybridized carbons (Fsp3) is 0.121. The molecule has 13 rings (SSSR count). The number of imidazole rings is 2. The zero-order valence-corrected chi connectivity index (χ0v) is 43.1. The molecule has 0 aliphatic rings. The Hall–Kier alpha value is -9.54. The largest absolute Gasteiger partial charge is 0.437 e. The van der Waals surface area contributed by atoms with E-state index in [1.165, 1.54) is 0 Å². The lowest BCUT2D eigenvalue weighted by atomic mass is 9.93. The molecule has 0 fully saturated rings. The zero-order valence-electron chi connectivity index (χ0n) is 43.1. The van der Waals surface area contributed by atoms with Crippen molar-refractivity contribution in [3.8, 4) is 56.8 Å². The van der Waals surface area contributed by atoms with Crippen molar-refractivity contribution in [2.24, 2.45) is 0 Å². The third-order valence-electron chi connectivity index (χ3n) is 13.9. The SMILES string of the molecule is CC(C)(C)c1nc(-c2ccc(-c3ccc4c(n3)oc3c(-c5nc6c(N(c7ccccc7)c7cccc8c7nc(-c7ccccc7)n8-c7ccccc7)cccc6n5-c5ccccc5)cccc34)cc2)nc(C(C)(C)C)n1. The average molecular weight is 988 g/mol. The van der Waals surface area contributed by atoms with Crippen LogP contribution in [-0.2, 0) is 10.8 Å². The van der Waals surface area contributed by atoms with Crippen LogP contribution in [0.15, 0.2) is 217 Å². The Morgan fingerprint density at radius 2 is 0.908 bits per heavy atom. The minimum absolute atomic E-state index is 0.233. The number of benzene rings is 8. The highest BCUT2D eigenvalue weighted by Crippen LogP contribution is 2.45. The van der Waals surface area contributed by atoms with Gasteiger partial charge >= 0.3 is 0 Å². The van der Waals surface area contributed by atoms with Crippen LogP contribution in [0.1, 0.15) is 53.2 Å². The highest BCUT2D eigenvalue weighted by atomic mass is 16.3. The van der Waals surface area contributed by atoms with Crippen molar-refractivity contribution in [2.45, 2.75) is 52.4 Å². The molecule has 8 aromatic carbocycles. The Bertz CT molecular complexity index is 4250. The third-order valence-corrected chi connectivity index (χ3v) is 13.9. The summed E-state index contributed by atoms with van der Waals surface area (Å²) in [5.41, 5.74) is 13.7. The monoisotopic (exact) mass is 987 g/mol. The van der Waals surface area contributed by atoms with Crippen LogP contribution in [0.4, 0.5) is 17.1 Å². The molecule has 0 bridgehead atoms. The standard InChI is InChI=1S/C66H53N9O/c1-65(2,3)63-70-59(71-64(72-63)66(4,5)6)43-38-36-42(37-39-43)51-41-40-49-48-30-19-31-50(58(48)76-62(49)67-51)61-69-57-53(33-21-35-55(57)75(61)47-28-17-10-18-29-47)73(45-24-13-8-14-25-45)52-32-20-34-54-56(52)68-60(44-22-11-7-12-23-44)74(54)46-26-15-9-16-27-46/h7-41H,1-6H3. The van der Waals surface area contributed by atoms with Gasteiger partial charge in [-0.2, -0.15) is 0 Å². The van der Waals surface area contributed by atoms with Gasteiger partial charge in [-0.1, -0.05) is 175 Å². The Morgan fingerprint density at radius 1 is 0.395 bits per heavy atom. The first-order valence-electron chi connectivity index (χ1n) is 25.7. The Morgan fingerprint density at radius 3 is 1.49 bits per heavy atom. The maximum atomic E-state index is 6.91. The molecular formula is C66H53N9O. The fourth-order valence-corrected chi connectivity index (χ4v) is 10.1. The van der Waals surface area contributed by atoms with Crippen molar-refractivity contribution in [3.05, 3.63) is 224 Å². The number of nitrogens with zero attached hydrogens (tertiary/aromatic N) is 9. The molecule has 0 unspecified atom stereocenters. The van der Waals surface area contributed by atoms with Crippen LogP contribution in [0.25, 0.3) is 101 Å². The van der Waals surface area contributed by atoms with E-state index in [0.717, 1.165) is 113 Å². The van der Waals surface area contributed by atoms with Crippen molar-refractivity contribution in [1.82, 2.24) is 39.0 Å². The smallest absolute Gasteiger partial charge is 0.227 e. The van der Waals surface area contributed by atoms with Crippen LogP contribution in [0.5, 0.6) is 0 Å². The van der Waals surface area contributed by atoms with Gasteiger partial charge in [0.15, 0.2) is 5.82 Å². The molecule has 0 amide bonds. The first-order valence-corrected chi connectivity index (χ1v) is 25.7. The van der Waals surface area contributed by atoms with Gasteiger partial charge in [-0.15, -0.1) is 0 Å². The van der Waals surface area contributed by atoms with E-state index < -0.39 is 0 Å². The summed E-state index contributed by atoms with van der Waals surface area (Å²) in [4.78, 5) is 33.4. The predicted octanol–water partition coefficient (Wildman–Crippen LogP) is 16.6. The van der Waals surface area contributed by atoms with E-state index in [1.54, 1.807) is 0 Å². The van der Waals surface area contributed by atoms with Crippen LogP contribution >= 0.6 is 0 Å². The number of hydrogen-bond donors (Lipinski definition) is 0. The average Bonchev–Trinajstić information content (AvgIpc) is 4.26. The molecule has 10 heteroatoms. The van der Waals surface area contributed by atoms with Gasteiger partial charge in [0.05, 0.1) is 33.7 Å². The normalized spacial score (nSPS) is 12.1. The lowest BCUT2D eigenvalue weighted by Gasteiger charge is -2.26. The van der Waals surface area contributed by atoms with E-state index in [1.807, 2.05) is 24.3 Å². The summed E-state index contributed by atoms with van der Waals surface area (Å²) in [5, 5.41) is 1.87. The number of furan rings is 1. The summed E-state index contributed by atoms with van der Waals surface area (Å²) >= 11 is 0. The lowest BCUT2D eigenvalue weighted by molar-refractivity contribution is 0.497. The second kappa shape index (κ2) is 18.1. The molecule has 0 aliphatic heterocycles. The molecule has 0 saturated carbocycles. The molecule has 5 aromatic heterocycles. The van der Waals surface area contributed by atoms with Gasteiger partial charge in [0.25, 0.3) is 0 Å². The molecule has 368 valence electrons. The van der Waals surface area contributed by atoms with E-state index >= 15 is 0 Å². The highest BCUT2D eigenvalue weighted by Gasteiger charge is 2.28. The minimum atomic E-state index is -0.233. The van der Waals surface area contributed by atoms with Gasteiger partial charge in [0.1, 0.15) is 39.9 Å². The van der Waals surface area contributed by atoms with Gasteiger partial charge in [-0.05, 0) is 78.9 Å². The maximum absolute atomic E-state index is 6.91. The van der Waals surface area contributed by atoms with Crippen LogP contribution in [0.2, 0.25) is 0 Å². The lowest BCUT2D eigenvalue weighted by Crippen LogP contribution is -2.24. The number of pyridine rings is 1. The second-order valence-corrected chi connectivity index (χ2v) is 21.3. The van der Waals surface area contributed by atoms with Crippen molar-refractivity contribution in [2.75, 3.05) is 4.90 Å². The molecule has 0 atom stereocenters. The fourth-order valence-electron chi connectivity index (χ4n) is 10.1. The first-order chi connectivity index (χ1) is 37.0. The Balaban J connectivity index is 0.961. The Kier molecular flexibility index (Phi) is 11.0. The number of aromatic nitrogens is 8. The topological polar surface area (TPSA) is 104 Å². The molecule has 13 aromatic rings. The van der Waals surface area contributed by atoms with E-state index in [2.05, 4.69) is 244 Å². The van der Waals surface area contributed by atoms with Crippen LogP contribution in [0.3, 0.4) is 0 Å². The molecule has 0 radical (unpaired) electrons. The van der Waals surface area contributed by atoms with Gasteiger partial charge in [0.2, 0.25) is 5.71 Å². The minimum Gasteiger partial charge on any atom is -0.437 e. The zero-order chi connectivity index (χ0) is 51.7. The van der Waals surface area contributed by atoms with E-state index in [4.69, 9.17) is 34.3 Å². The van der Waals surface area contributed by atoms with Crippen LogP contribution in [0, 0.1) is 0 Å². The van der Waals surface area contributed by atoms with Crippen LogP contribution < -0.4 is 4.90 Å². The quantitative estimate of drug-likeness (QED) is 0.141. The van der Waals surface area contributed by atoms with Gasteiger partial charge in [-0.3, -0.25) is 9.13 Å². The Labute approximate surface area is 440 Å². The predicted molar refractivity (Wildman–Crippen MR) is 308 cm³/mol. The van der Waals surface area contributed by atoms with Crippen molar-refractivity contribution in [1.29, 1.82) is 0 Å². The van der Waals surface area contributed by atoms with Gasteiger partial charge in [0, 0.05) is 55.4 Å². The summed E-state index contributed by atoms with van der Waals surface area (Å²) in [7, 11) is 0. The molecular weight excluding hydrogens is 935 g/mol. The van der Waals surface area contributed by atoms with Crippen LogP contribution in [-0.4, -0.2) is 39.0 Å². The van der Waals surface area contributed by atoms with Crippen molar-refractivity contribution >= 4 is 61.2 Å². The number of hydrogen-bond acceptors (Lipinski definition) is 8. The second-order valence-electron chi connectivity index (χ2n) is 21.3. The summed E-state index contributed by atoms with van der Waals surface area (Å²) in [6, 6.07) is 73.3. The first kappa shape index (κ1) is 46.3.